The zero-order valence-electron chi connectivity index (χ0n) is 23.0. The van der Waals surface area contributed by atoms with Gasteiger partial charge in [-0.2, -0.15) is 0 Å². The minimum Gasteiger partial charge on any atom is -1.00 e. The predicted octanol–water partition coefficient (Wildman–Crippen LogP) is -2.51. The summed E-state index contributed by atoms with van der Waals surface area (Å²) in [6.45, 7) is 15.9. The van der Waals surface area contributed by atoms with E-state index < -0.39 is 8.07 Å². The van der Waals surface area contributed by atoms with E-state index >= 15 is 0 Å². The quantitative estimate of drug-likeness (QED) is 0.216. The maximum absolute atomic E-state index is 2.53. The second-order valence-corrected chi connectivity index (χ2v) is 15.0. The zero-order chi connectivity index (χ0) is 24.6. The topological polar surface area (TPSA) is 0 Å². The minimum atomic E-state index is -2.49. The maximum Gasteiger partial charge on any atom is -1.00 e. The third kappa shape index (κ3) is 6.75. The van der Waals surface area contributed by atoms with Gasteiger partial charge in [0.15, 0.2) is 0 Å². The summed E-state index contributed by atoms with van der Waals surface area (Å²) in [5.74, 6) is 0. The Bertz CT molecular complexity index is 1140. The molecule has 0 N–H and O–H groups in total. The van der Waals surface area contributed by atoms with E-state index in [1.807, 2.05) is 0 Å². The number of halogens is 3. The smallest absolute Gasteiger partial charge is 1.00 e. The van der Waals surface area contributed by atoms with Crippen molar-refractivity contribution in [3.8, 4) is 0 Å². The third-order valence-corrected chi connectivity index (χ3v) is 13.3. The average Bonchev–Trinajstić information content (AvgIpc) is 3.08. The predicted molar refractivity (Wildman–Crippen MR) is 147 cm³/mol. The molecular weight excluding hydrogens is 567 g/mol. The number of benzene rings is 3. The van der Waals surface area contributed by atoms with Gasteiger partial charge in [0.1, 0.15) is 0 Å². The molecule has 0 fully saturated rings. The zero-order valence-corrected chi connectivity index (χ0v) is 27.9. The normalized spacial score (nSPS) is 12.9. The second-order valence-electron chi connectivity index (χ2n) is 10.4. The Morgan fingerprint density at radius 2 is 0.919 bits per heavy atom. The van der Waals surface area contributed by atoms with Crippen LogP contribution in [-0.4, -0.2) is 8.07 Å². The number of rotatable bonds is 6. The average molecular weight is 604 g/mol. The summed E-state index contributed by atoms with van der Waals surface area (Å²) in [5, 5.41) is 6.26. The molecule has 3 aromatic carbocycles. The fourth-order valence-electron chi connectivity index (χ4n) is 6.06. The van der Waals surface area contributed by atoms with Crippen LogP contribution in [0.4, 0.5) is 0 Å². The Labute approximate surface area is 256 Å². The van der Waals surface area contributed by atoms with Gasteiger partial charge in [-0.15, -0.1) is 0 Å². The van der Waals surface area contributed by atoms with Crippen LogP contribution in [0.3, 0.4) is 0 Å². The van der Waals surface area contributed by atoms with E-state index in [1.54, 1.807) is 14.6 Å². The first-order valence-corrected chi connectivity index (χ1v) is 15.3. The molecule has 0 heterocycles. The summed E-state index contributed by atoms with van der Waals surface area (Å²) >= 11 is 2.40. The van der Waals surface area contributed by atoms with Gasteiger partial charge in [0.2, 0.25) is 0 Å². The van der Waals surface area contributed by atoms with Gasteiger partial charge in [0.25, 0.3) is 0 Å². The monoisotopic (exact) mass is 602 g/mol. The number of allylic oxidation sites excluding steroid dienone is 4. The van der Waals surface area contributed by atoms with Crippen molar-refractivity contribution >= 4 is 23.6 Å². The van der Waals surface area contributed by atoms with Gasteiger partial charge in [-0.05, 0) is 0 Å². The van der Waals surface area contributed by atoms with Crippen molar-refractivity contribution in [3.63, 3.8) is 0 Å². The van der Waals surface area contributed by atoms with E-state index in [0.717, 1.165) is 6.42 Å². The summed E-state index contributed by atoms with van der Waals surface area (Å²) in [6, 6.07) is 21.9. The van der Waals surface area contributed by atoms with E-state index in [2.05, 4.69) is 130 Å². The molecule has 0 aromatic heterocycles. The number of hydrogen-bond acceptors (Lipinski definition) is 0. The second kappa shape index (κ2) is 13.8. The van der Waals surface area contributed by atoms with Gasteiger partial charge in [-0.1, -0.05) is 0 Å². The van der Waals surface area contributed by atoms with Crippen LogP contribution < -0.4 is 52.8 Å². The molecule has 37 heavy (non-hydrogen) atoms. The molecule has 4 rings (SSSR count). The van der Waals surface area contributed by atoms with Gasteiger partial charge >= 0.3 is 220 Å². The van der Waals surface area contributed by atoms with Crippen molar-refractivity contribution in [3.05, 3.63) is 109 Å². The molecule has 3 aromatic rings. The standard InChI is InChI=1S/C32H37Si.3ClH.Ti/c1-8-9-28-10-11-29(21-28)33(30-15-22(2)12-23(3)16-30,31-17-24(4)13-25(5)18-31)32-19-26(6)14-27(7)20-32;;;;/h10,12-20H,8-9,11H2,1-7H3;3*1H;/q;;;;+3/p-3. The molecule has 0 radical (unpaired) electrons. The van der Waals surface area contributed by atoms with Crippen LogP contribution in [0.5, 0.6) is 0 Å². The first kappa shape index (κ1) is 34.0. The van der Waals surface area contributed by atoms with Crippen molar-refractivity contribution in [1.82, 2.24) is 0 Å². The van der Waals surface area contributed by atoms with Crippen LogP contribution in [0.25, 0.3) is 0 Å². The van der Waals surface area contributed by atoms with E-state index in [0.29, 0.717) is 0 Å². The molecule has 5 heteroatoms. The third-order valence-electron chi connectivity index (χ3n) is 7.11. The minimum absolute atomic E-state index is 0. The van der Waals surface area contributed by atoms with Crippen molar-refractivity contribution in [2.75, 3.05) is 0 Å². The van der Waals surface area contributed by atoms with E-state index in [1.165, 1.54) is 61.8 Å². The van der Waals surface area contributed by atoms with E-state index in [4.69, 9.17) is 0 Å². The molecule has 0 saturated heterocycles. The summed E-state index contributed by atoms with van der Waals surface area (Å²) in [7, 11) is -2.49. The molecule has 0 amide bonds. The molecule has 0 nitrogen and oxygen atoms in total. The van der Waals surface area contributed by atoms with Gasteiger partial charge in [0, 0.05) is 0 Å². The van der Waals surface area contributed by atoms with Crippen molar-refractivity contribution in [2.24, 2.45) is 0 Å². The molecule has 0 saturated carbocycles. The Morgan fingerprint density at radius 3 is 1.22 bits per heavy atom. The molecule has 1 aliphatic carbocycles. The molecule has 0 atom stereocenters. The summed E-state index contributed by atoms with van der Waals surface area (Å²) in [5.41, 5.74) is 9.72. The fraction of sp³-hybridized carbons (Fsp3) is 0.312. The van der Waals surface area contributed by atoms with Crippen LogP contribution in [0.15, 0.2) is 75.3 Å². The van der Waals surface area contributed by atoms with Crippen LogP contribution in [0.1, 0.15) is 59.6 Å². The van der Waals surface area contributed by atoms with Gasteiger partial charge in [-0.25, -0.2) is 0 Å². The number of aryl methyl sites for hydroxylation is 6. The van der Waals surface area contributed by atoms with Gasteiger partial charge in [-0.3, -0.25) is 0 Å². The largest absolute Gasteiger partial charge is 1.00 e. The summed E-state index contributed by atoms with van der Waals surface area (Å²) < 4.78 is 1.55. The molecule has 0 unspecified atom stereocenters. The van der Waals surface area contributed by atoms with Crippen LogP contribution >= 0.6 is 0 Å². The molecule has 0 bridgehead atoms. The molecule has 1 aliphatic rings. The Balaban J connectivity index is 0.00000228. The Kier molecular flexibility index (Phi) is 12.7. The van der Waals surface area contributed by atoms with Crippen LogP contribution in [0, 0.1) is 41.5 Å². The van der Waals surface area contributed by atoms with Crippen LogP contribution in [-0.2, 0) is 20.4 Å². The Morgan fingerprint density at radius 1 is 0.595 bits per heavy atom. The first-order valence-electron chi connectivity index (χ1n) is 12.6. The first-order chi connectivity index (χ1) is 16.1. The molecule has 194 valence electrons. The van der Waals surface area contributed by atoms with Crippen LogP contribution in [0.2, 0.25) is 0 Å². The molecule has 0 aliphatic heterocycles. The van der Waals surface area contributed by atoms with Gasteiger partial charge in [0.05, 0.1) is 0 Å². The molecular formula is C32H37Cl3SiTi. The van der Waals surface area contributed by atoms with E-state index in [9.17, 15) is 0 Å². The maximum atomic E-state index is 2.53. The number of hydrogen-bond donors (Lipinski definition) is 0. The van der Waals surface area contributed by atoms with Crippen molar-refractivity contribution in [2.45, 2.75) is 67.7 Å². The fourth-order valence-corrected chi connectivity index (χ4v) is 13.1. The summed E-state index contributed by atoms with van der Waals surface area (Å²) in [4.78, 5) is 0. The SMILES string of the molecule is CCCC1=CCC([Si](c2cc(C)cc(C)c2)(c2cc(C)cc(C)c2)c2cc(C)cc(C)c2)=[C]1[Ti+3].[Cl-].[Cl-].[Cl-]. The Hall–Kier alpha value is -1.06. The molecule has 0 spiro atoms. The van der Waals surface area contributed by atoms with Gasteiger partial charge < -0.3 is 37.2 Å². The van der Waals surface area contributed by atoms with Crippen molar-refractivity contribution in [1.29, 1.82) is 0 Å². The van der Waals surface area contributed by atoms with Crippen molar-refractivity contribution < 1.29 is 57.7 Å². The summed E-state index contributed by atoms with van der Waals surface area (Å²) in [6.07, 6.45) is 5.97. The van der Waals surface area contributed by atoms with E-state index in [-0.39, 0.29) is 37.2 Å².